The van der Waals surface area contributed by atoms with Crippen molar-refractivity contribution in [3.63, 3.8) is 0 Å². The Morgan fingerprint density at radius 3 is 1.96 bits per heavy atom. The predicted molar refractivity (Wildman–Crippen MR) is 103 cm³/mol. The normalized spacial score (nSPS) is 10.7. The van der Waals surface area contributed by atoms with Crippen molar-refractivity contribution in [2.75, 3.05) is 10.6 Å². The second-order valence-corrected chi connectivity index (χ2v) is 5.76. The molecule has 0 radical (unpaired) electrons. The molecule has 0 amide bonds. The summed E-state index contributed by atoms with van der Waals surface area (Å²) in [5.41, 5.74) is 10.0. The van der Waals surface area contributed by atoms with Gasteiger partial charge in [-0.15, -0.1) is 0 Å². The van der Waals surface area contributed by atoms with Crippen LogP contribution in [0.15, 0.2) is 97.1 Å². The predicted octanol–water partition coefficient (Wildman–Crippen LogP) is 5.89. The van der Waals surface area contributed by atoms with Crippen molar-refractivity contribution in [1.29, 1.82) is 0 Å². The van der Waals surface area contributed by atoms with Gasteiger partial charge in [-0.3, -0.25) is 0 Å². The molecule has 0 spiro atoms. The molecule has 0 aliphatic heterocycles. The number of nitrogens with two attached hydrogens (primary N) is 1. The third-order valence-electron chi connectivity index (χ3n) is 4.17. The summed E-state index contributed by atoms with van der Waals surface area (Å²) in [6, 6.07) is 33.3. The fourth-order valence-electron chi connectivity index (χ4n) is 3.03. The molecule has 24 heavy (non-hydrogen) atoms. The maximum atomic E-state index is 5.88. The summed E-state index contributed by atoms with van der Waals surface area (Å²) >= 11 is 0. The quantitative estimate of drug-likeness (QED) is 0.478. The van der Waals surface area contributed by atoms with E-state index in [4.69, 9.17) is 5.73 Å². The largest absolute Gasteiger partial charge is 0.399 e. The van der Waals surface area contributed by atoms with Crippen LogP contribution in [0.4, 0.5) is 22.7 Å². The van der Waals surface area contributed by atoms with Gasteiger partial charge < -0.3 is 10.6 Å². The highest BCUT2D eigenvalue weighted by atomic mass is 15.1. The van der Waals surface area contributed by atoms with Crippen molar-refractivity contribution in [2.24, 2.45) is 0 Å². The summed E-state index contributed by atoms with van der Waals surface area (Å²) in [6.07, 6.45) is 0. The number of hydrogen-bond donors (Lipinski definition) is 1. The van der Waals surface area contributed by atoms with Crippen LogP contribution >= 0.6 is 0 Å². The van der Waals surface area contributed by atoms with E-state index in [1.54, 1.807) is 0 Å². The lowest BCUT2D eigenvalue weighted by atomic mass is 10.1. The Morgan fingerprint density at radius 2 is 1.17 bits per heavy atom. The molecule has 0 fully saturated rings. The minimum atomic E-state index is 0.768. The van der Waals surface area contributed by atoms with Crippen LogP contribution in [-0.4, -0.2) is 0 Å². The molecule has 0 atom stereocenters. The summed E-state index contributed by atoms with van der Waals surface area (Å²) in [6.45, 7) is 0. The fourth-order valence-corrected chi connectivity index (χ4v) is 3.03. The van der Waals surface area contributed by atoms with Crippen LogP contribution in [0.3, 0.4) is 0 Å². The highest BCUT2D eigenvalue weighted by Gasteiger charge is 2.14. The number of fused-ring (bicyclic) bond motifs is 1. The second-order valence-electron chi connectivity index (χ2n) is 5.76. The van der Waals surface area contributed by atoms with Crippen molar-refractivity contribution < 1.29 is 0 Å². The van der Waals surface area contributed by atoms with Crippen LogP contribution in [0.5, 0.6) is 0 Å². The minimum Gasteiger partial charge on any atom is -0.399 e. The van der Waals surface area contributed by atoms with Gasteiger partial charge >= 0.3 is 0 Å². The highest BCUT2D eigenvalue weighted by molar-refractivity contribution is 5.98. The average molecular weight is 310 g/mol. The molecule has 4 rings (SSSR count). The van der Waals surface area contributed by atoms with E-state index < -0.39 is 0 Å². The highest BCUT2D eigenvalue weighted by Crippen LogP contribution is 2.38. The standard InChI is InChI=1S/C22H18N2/c23-18-13-15-20(16-14-18)24(19-9-2-1-3-10-19)22-12-6-8-17-7-4-5-11-21(17)22/h1-16H,23H2. The zero-order valence-corrected chi connectivity index (χ0v) is 13.3. The van der Waals surface area contributed by atoms with E-state index in [-0.39, 0.29) is 0 Å². The van der Waals surface area contributed by atoms with Crippen molar-refractivity contribution >= 4 is 33.5 Å². The zero-order valence-electron chi connectivity index (χ0n) is 13.3. The van der Waals surface area contributed by atoms with E-state index in [2.05, 4.69) is 83.8 Å². The fraction of sp³-hybridized carbons (Fsp3) is 0. The molecule has 4 aromatic carbocycles. The Balaban J connectivity index is 1.97. The number of benzene rings is 4. The first-order valence-corrected chi connectivity index (χ1v) is 8.01. The lowest BCUT2D eigenvalue weighted by Gasteiger charge is -2.26. The van der Waals surface area contributed by atoms with Crippen LogP contribution in [0.1, 0.15) is 0 Å². The number of anilines is 4. The van der Waals surface area contributed by atoms with E-state index in [0.29, 0.717) is 0 Å². The maximum absolute atomic E-state index is 5.88. The first-order valence-electron chi connectivity index (χ1n) is 8.01. The van der Waals surface area contributed by atoms with Gasteiger partial charge in [-0.1, -0.05) is 54.6 Å². The Kier molecular flexibility index (Phi) is 3.64. The van der Waals surface area contributed by atoms with Gasteiger partial charge in [0.2, 0.25) is 0 Å². The van der Waals surface area contributed by atoms with Crippen LogP contribution in [0, 0.1) is 0 Å². The van der Waals surface area contributed by atoms with Gasteiger partial charge in [-0.25, -0.2) is 0 Å². The van der Waals surface area contributed by atoms with Crippen molar-refractivity contribution in [1.82, 2.24) is 0 Å². The monoisotopic (exact) mass is 310 g/mol. The molecule has 0 saturated carbocycles. The summed E-state index contributed by atoms with van der Waals surface area (Å²) < 4.78 is 0. The van der Waals surface area contributed by atoms with Crippen molar-refractivity contribution in [3.05, 3.63) is 97.1 Å². The third kappa shape index (κ3) is 2.59. The molecule has 0 aliphatic rings. The van der Waals surface area contributed by atoms with E-state index in [1.165, 1.54) is 10.8 Å². The molecule has 2 nitrogen and oxygen atoms in total. The van der Waals surface area contributed by atoms with Gasteiger partial charge in [0, 0.05) is 22.4 Å². The summed E-state index contributed by atoms with van der Waals surface area (Å²) in [5.74, 6) is 0. The zero-order chi connectivity index (χ0) is 16.4. The number of nitrogens with zero attached hydrogens (tertiary/aromatic N) is 1. The average Bonchev–Trinajstić information content (AvgIpc) is 2.65. The molecule has 0 aliphatic carbocycles. The van der Waals surface area contributed by atoms with Crippen molar-refractivity contribution in [2.45, 2.75) is 0 Å². The molecule has 116 valence electrons. The molecule has 2 heteroatoms. The van der Waals surface area contributed by atoms with E-state index in [9.17, 15) is 0 Å². The van der Waals surface area contributed by atoms with Gasteiger partial charge in [0.15, 0.2) is 0 Å². The van der Waals surface area contributed by atoms with Gasteiger partial charge in [0.1, 0.15) is 0 Å². The Hall–Kier alpha value is -3.26. The number of para-hydroxylation sites is 1. The molecular formula is C22H18N2. The Labute approximate surface area is 141 Å². The topological polar surface area (TPSA) is 29.3 Å². The SMILES string of the molecule is Nc1ccc(N(c2ccccc2)c2cccc3ccccc23)cc1. The second kappa shape index (κ2) is 6.09. The third-order valence-corrected chi connectivity index (χ3v) is 4.17. The molecule has 2 N–H and O–H groups in total. The van der Waals surface area contributed by atoms with E-state index >= 15 is 0 Å². The molecule has 0 saturated heterocycles. The molecule has 4 aromatic rings. The molecule has 0 bridgehead atoms. The maximum Gasteiger partial charge on any atom is 0.0540 e. The summed E-state index contributed by atoms with van der Waals surface area (Å²) in [4.78, 5) is 2.27. The number of nitrogen functional groups attached to an aromatic ring is 1. The number of rotatable bonds is 3. The van der Waals surface area contributed by atoms with E-state index in [0.717, 1.165) is 22.7 Å². The first-order chi connectivity index (χ1) is 11.8. The number of hydrogen-bond acceptors (Lipinski definition) is 2. The van der Waals surface area contributed by atoms with Crippen molar-refractivity contribution in [3.8, 4) is 0 Å². The first kappa shape index (κ1) is 14.3. The summed E-state index contributed by atoms with van der Waals surface area (Å²) in [5, 5.41) is 2.45. The van der Waals surface area contributed by atoms with E-state index in [1.807, 2.05) is 18.2 Å². The smallest absolute Gasteiger partial charge is 0.0540 e. The molecule has 0 unspecified atom stereocenters. The lowest BCUT2D eigenvalue weighted by Crippen LogP contribution is -2.10. The van der Waals surface area contributed by atoms with Crippen LogP contribution in [0.25, 0.3) is 10.8 Å². The summed E-state index contributed by atoms with van der Waals surface area (Å²) in [7, 11) is 0. The van der Waals surface area contributed by atoms with Gasteiger partial charge in [0.05, 0.1) is 5.69 Å². The Morgan fingerprint density at radius 1 is 0.542 bits per heavy atom. The lowest BCUT2D eigenvalue weighted by molar-refractivity contribution is 1.30. The van der Waals surface area contributed by atoms with Gasteiger partial charge in [-0.2, -0.15) is 0 Å². The molecular weight excluding hydrogens is 292 g/mol. The molecule has 0 aromatic heterocycles. The minimum absolute atomic E-state index is 0.768. The Bertz CT molecular complexity index is 955. The van der Waals surface area contributed by atoms with Gasteiger partial charge in [-0.05, 0) is 47.9 Å². The van der Waals surface area contributed by atoms with Crippen LogP contribution < -0.4 is 10.6 Å². The van der Waals surface area contributed by atoms with Crippen LogP contribution in [0.2, 0.25) is 0 Å². The van der Waals surface area contributed by atoms with Crippen LogP contribution in [-0.2, 0) is 0 Å². The molecule has 0 heterocycles. The van der Waals surface area contributed by atoms with Gasteiger partial charge in [0.25, 0.3) is 0 Å².